The normalized spacial score (nSPS) is 46.9. The van der Waals surface area contributed by atoms with Crippen molar-refractivity contribution in [3.63, 3.8) is 0 Å². The fourth-order valence-electron chi connectivity index (χ4n) is 6.47. The van der Waals surface area contributed by atoms with E-state index in [0.717, 1.165) is 0 Å². The van der Waals surface area contributed by atoms with Gasteiger partial charge >= 0.3 is 0 Å². The summed E-state index contributed by atoms with van der Waals surface area (Å²) in [5.74, 6) is -1.87. The van der Waals surface area contributed by atoms with Crippen molar-refractivity contribution in [2.45, 2.75) is 87.9 Å². The summed E-state index contributed by atoms with van der Waals surface area (Å²) in [6.45, 7) is 7.73. The van der Waals surface area contributed by atoms with E-state index in [0.29, 0.717) is 25.7 Å². The van der Waals surface area contributed by atoms with E-state index in [1.54, 1.807) is 13.8 Å². The van der Waals surface area contributed by atoms with Crippen LogP contribution in [0.2, 0.25) is 0 Å². The van der Waals surface area contributed by atoms with Crippen molar-refractivity contribution in [3.05, 3.63) is 0 Å². The van der Waals surface area contributed by atoms with Gasteiger partial charge in [0.05, 0.1) is 23.7 Å². The molecule has 2 N–H and O–H groups in total. The predicted molar refractivity (Wildman–Crippen MR) is 136 cm³/mol. The van der Waals surface area contributed by atoms with Gasteiger partial charge in [-0.1, -0.05) is 27.7 Å². The van der Waals surface area contributed by atoms with Crippen molar-refractivity contribution in [3.8, 4) is 0 Å². The van der Waals surface area contributed by atoms with Crippen LogP contribution in [0.3, 0.4) is 0 Å². The van der Waals surface area contributed by atoms with Gasteiger partial charge in [0.15, 0.2) is 30.5 Å². The summed E-state index contributed by atoms with van der Waals surface area (Å²) < 4.78 is 77.5. The van der Waals surface area contributed by atoms with Gasteiger partial charge in [-0.2, -0.15) is 0 Å². The minimum Gasteiger partial charge on any atom is -0.374 e. The molecule has 12 nitrogen and oxygen atoms in total. The minimum atomic E-state index is -3.72. The number of carbonyl (C=O) groups excluding carboxylic acids is 2. The molecule has 0 aliphatic carbocycles. The quantitative estimate of drug-likeness (QED) is 0.379. The Hall–Kier alpha value is -1.32. The molecule has 4 aliphatic heterocycles. The highest BCUT2D eigenvalue weighted by Gasteiger charge is 2.55. The molecular formula is C24H40N2O10S2. The second-order valence-electron chi connectivity index (χ2n) is 11.3. The van der Waals surface area contributed by atoms with E-state index in [-0.39, 0.29) is 48.6 Å². The third-order valence-corrected chi connectivity index (χ3v) is 12.8. The summed E-state index contributed by atoms with van der Waals surface area (Å²) in [7, 11) is -7.43. The number of hydrogen-bond donors (Lipinski definition) is 2. The number of amides is 2. The van der Waals surface area contributed by atoms with E-state index >= 15 is 0 Å². The lowest BCUT2D eigenvalue weighted by Crippen LogP contribution is -2.63. The summed E-state index contributed by atoms with van der Waals surface area (Å²) in [6, 6.07) is -0.500. The molecule has 0 saturated carbocycles. The standard InChI is InChI=1S/C24H40N2O10S2/c1-13-9-37(29,30)23(21-15(3)17(25-11-27)5-7-33-21)35-19(13)20-14(2)10-38(31,32)24(36-20)22-16(4)18(26-12-28)6-8-34-22/h11-24H,5-10H2,1-4H3,(H,25,27)(H,26,28)/t13-,14-,15+,16+,17-,18-,19-,20-,21+,22+,23+,24+/m0/s1. The van der Waals surface area contributed by atoms with Gasteiger partial charge in [-0.15, -0.1) is 0 Å². The molecule has 4 rings (SSSR count). The van der Waals surface area contributed by atoms with Crippen molar-refractivity contribution in [1.29, 1.82) is 0 Å². The molecule has 4 aliphatic rings. The molecule has 0 radical (unpaired) electrons. The smallest absolute Gasteiger partial charge is 0.207 e. The van der Waals surface area contributed by atoms with E-state index < -0.39 is 66.8 Å². The Labute approximate surface area is 224 Å². The second kappa shape index (κ2) is 11.7. The largest absolute Gasteiger partial charge is 0.374 e. The first kappa shape index (κ1) is 29.7. The zero-order chi connectivity index (χ0) is 27.8. The Bertz CT molecular complexity index is 986. The molecule has 12 atom stereocenters. The molecule has 4 fully saturated rings. The lowest BCUT2D eigenvalue weighted by Gasteiger charge is -2.49. The first-order valence-electron chi connectivity index (χ1n) is 13.3. The molecular weight excluding hydrogens is 540 g/mol. The first-order valence-corrected chi connectivity index (χ1v) is 16.7. The van der Waals surface area contributed by atoms with Crippen molar-refractivity contribution in [2.75, 3.05) is 24.7 Å². The maximum absolute atomic E-state index is 13.3. The molecule has 0 spiro atoms. The van der Waals surface area contributed by atoms with Gasteiger partial charge in [0.25, 0.3) is 0 Å². The number of sulfone groups is 2. The molecule has 2 amide bonds. The number of carbonyl (C=O) groups is 2. The number of nitrogens with one attached hydrogen (secondary N) is 2. The van der Waals surface area contributed by atoms with Crippen molar-refractivity contribution in [2.24, 2.45) is 23.7 Å². The lowest BCUT2D eigenvalue weighted by atomic mass is 9.89. The van der Waals surface area contributed by atoms with Crippen molar-refractivity contribution in [1.82, 2.24) is 10.6 Å². The van der Waals surface area contributed by atoms with E-state index in [1.807, 2.05) is 13.8 Å². The second-order valence-corrected chi connectivity index (χ2v) is 15.5. The Morgan fingerprint density at radius 1 is 0.632 bits per heavy atom. The number of rotatable bonds is 7. The number of ether oxygens (including phenoxy) is 4. The van der Waals surface area contributed by atoms with Crippen LogP contribution in [0.5, 0.6) is 0 Å². The first-order chi connectivity index (χ1) is 17.9. The fraction of sp³-hybridized carbons (Fsp3) is 0.917. The van der Waals surface area contributed by atoms with Gasteiger partial charge in [0.1, 0.15) is 12.2 Å². The summed E-state index contributed by atoms with van der Waals surface area (Å²) in [5.41, 5.74) is -2.54. The fourth-order valence-corrected chi connectivity index (χ4v) is 10.8. The Balaban J connectivity index is 1.59. The van der Waals surface area contributed by atoms with Gasteiger partial charge in [-0.25, -0.2) is 16.8 Å². The average Bonchev–Trinajstić information content (AvgIpc) is 2.83. The summed E-state index contributed by atoms with van der Waals surface area (Å²) in [4.78, 5) is 22.1. The van der Waals surface area contributed by atoms with Gasteiger partial charge in [0.2, 0.25) is 12.8 Å². The van der Waals surface area contributed by atoms with Crippen LogP contribution in [0.4, 0.5) is 0 Å². The molecule has 14 heteroatoms. The van der Waals surface area contributed by atoms with Crippen LogP contribution in [0.1, 0.15) is 40.5 Å². The van der Waals surface area contributed by atoms with Crippen LogP contribution >= 0.6 is 0 Å². The minimum absolute atomic E-state index is 0.160. The van der Waals surface area contributed by atoms with E-state index in [9.17, 15) is 26.4 Å². The SMILES string of the molecule is C[C@H]1[C@H]([C@@H]2O[C@H]([C@H]3O[C@@H]([C@@H]4OCC[C@H](NC=O)[C@H]4C)S(=O)(=O)C[C@@H]3C)[C@@H](C)CS2(=O)=O)OCC[C@@H]1NC=O. The summed E-state index contributed by atoms with van der Waals surface area (Å²) in [6.07, 6.45) is -0.661. The van der Waals surface area contributed by atoms with E-state index in [2.05, 4.69) is 10.6 Å². The highest BCUT2D eigenvalue weighted by Crippen LogP contribution is 2.40. The van der Waals surface area contributed by atoms with Crippen LogP contribution in [-0.4, -0.2) is 102 Å². The van der Waals surface area contributed by atoms with E-state index in [4.69, 9.17) is 18.9 Å². The van der Waals surface area contributed by atoms with Crippen LogP contribution < -0.4 is 10.6 Å². The highest BCUT2D eigenvalue weighted by atomic mass is 32.2. The monoisotopic (exact) mass is 580 g/mol. The van der Waals surface area contributed by atoms with Crippen LogP contribution in [-0.2, 0) is 48.2 Å². The van der Waals surface area contributed by atoms with Gasteiger partial charge in [0, 0.05) is 37.1 Å². The van der Waals surface area contributed by atoms with Crippen LogP contribution in [0.25, 0.3) is 0 Å². The molecule has 0 aromatic rings. The lowest BCUT2D eigenvalue weighted by molar-refractivity contribution is -0.191. The maximum Gasteiger partial charge on any atom is 0.207 e. The Kier molecular flexibility index (Phi) is 9.10. The van der Waals surface area contributed by atoms with Crippen molar-refractivity contribution >= 4 is 32.5 Å². The Morgan fingerprint density at radius 2 is 1.00 bits per heavy atom. The molecule has 4 saturated heterocycles. The van der Waals surface area contributed by atoms with E-state index in [1.165, 1.54) is 0 Å². The Morgan fingerprint density at radius 3 is 1.34 bits per heavy atom. The van der Waals surface area contributed by atoms with Gasteiger partial charge in [-0.3, -0.25) is 9.59 Å². The molecule has 0 aromatic carbocycles. The summed E-state index contributed by atoms with van der Waals surface area (Å²) in [5, 5.41) is 5.49. The topological polar surface area (TPSA) is 163 Å². The predicted octanol–water partition coefficient (Wildman–Crippen LogP) is -0.383. The van der Waals surface area contributed by atoms with Gasteiger partial charge in [-0.05, 0) is 24.7 Å². The molecule has 0 unspecified atom stereocenters. The van der Waals surface area contributed by atoms with Gasteiger partial charge < -0.3 is 29.6 Å². The highest BCUT2D eigenvalue weighted by molar-refractivity contribution is 7.92. The van der Waals surface area contributed by atoms with Crippen LogP contribution in [0, 0.1) is 23.7 Å². The average molecular weight is 581 g/mol. The molecule has 218 valence electrons. The molecule has 0 bridgehead atoms. The van der Waals surface area contributed by atoms with Crippen LogP contribution in [0.15, 0.2) is 0 Å². The number of hydrogen-bond acceptors (Lipinski definition) is 10. The third-order valence-electron chi connectivity index (χ3n) is 8.61. The molecule has 0 aromatic heterocycles. The maximum atomic E-state index is 13.3. The summed E-state index contributed by atoms with van der Waals surface area (Å²) >= 11 is 0. The third kappa shape index (κ3) is 5.75. The molecule has 38 heavy (non-hydrogen) atoms. The zero-order valence-electron chi connectivity index (χ0n) is 22.2. The molecule has 4 heterocycles. The zero-order valence-corrected chi connectivity index (χ0v) is 23.9. The van der Waals surface area contributed by atoms with Crippen molar-refractivity contribution < 1.29 is 45.4 Å².